The Kier molecular flexibility index (Phi) is 3.88. The zero-order valence-electron chi connectivity index (χ0n) is 9.48. The van der Waals surface area contributed by atoms with Crippen LogP contribution in [0.3, 0.4) is 0 Å². The molecule has 0 saturated heterocycles. The Labute approximate surface area is 100.0 Å². The number of nitrogens with two attached hydrogens (primary N) is 1. The smallest absolute Gasteiger partial charge is 0.219 e. The molecule has 0 amide bonds. The van der Waals surface area contributed by atoms with Crippen LogP contribution in [-0.2, 0) is 0 Å². The standard InChI is InChI=1S/C11H17N3OS/c1-16-11-13-9(12)7-10(14-11)15-6-5-8-3-2-4-8/h7-8H,2-6H2,1H3,(H2,12,13,14). The monoisotopic (exact) mass is 239 g/mol. The molecule has 1 aromatic rings. The maximum atomic E-state index is 5.66. The quantitative estimate of drug-likeness (QED) is 0.631. The van der Waals surface area contributed by atoms with E-state index in [-0.39, 0.29) is 0 Å². The fourth-order valence-electron chi connectivity index (χ4n) is 1.70. The molecular formula is C11H17N3OS. The molecule has 4 nitrogen and oxygen atoms in total. The Bertz CT molecular complexity index is 355. The third-order valence-corrected chi connectivity index (χ3v) is 3.43. The Morgan fingerprint density at radius 1 is 1.50 bits per heavy atom. The van der Waals surface area contributed by atoms with Crippen LogP contribution >= 0.6 is 11.8 Å². The molecule has 1 aromatic heterocycles. The Morgan fingerprint density at radius 3 is 2.94 bits per heavy atom. The van der Waals surface area contributed by atoms with Crippen molar-refractivity contribution in [2.75, 3.05) is 18.6 Å². The van der Waals surface area contributed by atoms with Gasteiger partial charge in [-0.3, -0.25) is 0 Å². The lowest BCUT2D eigenvalue weighted by atomic mass is 9.83. The summed E-state index contributed by atoms with van der Waals surface area (Å²) in [5.74, 6) is 1.92. The first-order valence-corrected chi connectivity index (χ1v) is 6.82. The van der Waals surface area contributed by atoms with Crippen molar-refractivity contribution in [3.63, 3.8) is 0 Å². The van der Waals surface area contributed by atoms with Gasteiger partial charge in [0, 0.05) is 6.07 Å². The number of aromatic nitrogens is 2. The van der Waals surface area contributed by atoms with Gasteiger partial charge in [-0.25, -0.2) is 4.98 Å². The summed E-state index contributed by atoms with van der Waals surface area (Å²) >= 11 is 1.47. The van der Waals surface area contributed by atoms with Crippen LogP contribution in [0, 0.1) is 5.92 Å². The number of nitrogen functional groups attached to an aromatic ring is 1. The van der Waals surface area contributed by atoms with E-state index >= 15 is 0 Å². The third-order valence-electron chi connectivity index (χ3n) is 2.89. The van der Waals surface area contributed by atoms with E-state index in [4.69, 9.17) is 10.5 Å². The second-order valence-corrected chi connectivity index (χ2v) is 4.83. The molecule has 5 heteroatoms. The predicted octanol–water partition coefficient (Wildman–Crippen LogP) is 2.35. The van der Waals surface area contributed by atoms with Crippen LogP contribution < -0.4 is 10.5 Å². The van der Waals surface area contributed by atoms with Crippen LogP contribution in [0.15, 0.2) is 11.2 Å². The predicted molar refractivity (Wildman–Crippen MR) is 65.7 cm³/mol. The summed E-state index contributed by atoms with van der Waals surface area (Å²) in [5, 5.41) is 0.665. The Balaban J connectivity index is 1.84. The second kappa shape index (κ2) is 5.39. The molecule has 0 spiro atoms. The van der Waals surface area contributed by atoms with Gasteiger partial charge in [0.25, 0.3) is 0 Å². The minimum atomic E-state index is 0.470. The van der Waals surface area contributed by atoms with Crippen molar-refractivity contribution in [2.45, 2.75) is 30.8 Å². The van der Waals surface area contributed by atoms with Gasteiger partial charge in [0.1, 0.15) is 5.82 Å². The van der Waals surface area contributed by atoms with Crippen molar-refractivity contribution >= 4 is 17.6 Å². The first kappa shape index (κ1) is 11.5. The molecule has 0 radical (unpaired) electrons. The lowest BCUT2D eigenvalue weighted by Gasteiger charge is -2.24. The van der Waals surface area contributed by atoms with Gasteiger partial charge in [-0.15, -0.1) is 0 Å². The van der Waals surface area contributed by atoms with Crippen molar-refractivity contribution in [1.82, 2.24) is 9.97 Å². The SMILES string of the molecule is CSc1nc(N)cc(OCCC2CCC2)n1. The average molecular weight is 239 g/mol. The van der Waals surface area contributed by atoms with Crippen molar-refractivity contribution in [2.24, 2.45) is 5.92 Å². The number of hydrogen-bond donors (Lipinski definition) is 1. The molecule has 2 N–H and O–H groups in total. The summed E-state index contributed by atoms with van der Waals surface area (Å²) < 4.78 is 5.59. The van der Waals surface area contributed by atoms with Crippen LogP contribution in [0.5, 0.6) is 5.88 Å². The van der Waals surface area contributed by atoms with E-state index in [9.17, 15) is 0 Å². The molecule has 16 heavy (non-hydrogen) atoms. The molecule has 0 bridgehead atoms. The number of hydrogen-bond acceptors (Lipinski definition) is 5. The number of anilines is 1. The van der Waals surface area contributed by atoms with Crippen LogP contribution in [-0.4, -0.2) is 22.8 Å². The second-order valence-electron chi connectivity index (χ2n) is 4.05. The number of thioether (sulfide) groups is 1. The molecule has 1 aliphatic carbocycles. The first-order chi connectivity index (χ1) is 7.78. The maximum absolute atomic E-state index is 5.66. The lowest BCUT2D eigenvalue weighted by molar-refractivity contribution is 0.216. The van der Waals surface area contributed by atoms with E-state index in [1.807, 2.05) is 6.26 Å². The minimum absolute atomic E-state index is 0.470. The first-order valence-electron chi connectivity index (χ1n) is 5.59. The zero-order chi connectivity index (χ0) is 11.4. The maximum Gasteiger partial charge on any atom is 0.219 e. The van der Waals surface area contributed by atoms with Gasteiger partial charge in [-0.2, -0.15) is 4.98 Å². The normalized spacial score (nSPS) is 15.8. The van der Waals surface area contributed by atoms with E-state index in [1.54, 1.807) is 6.07 Å². The molecule has 1 aliphatic rings. The minimum Gasteiger partial charge on any atom is -0.477 e. The van der Waals surface area contributed by atoms with Crippen molar-refractivity contribution in [3.8, 4) is 5.88 Å². The van der Waals surface area contributed by atoms with Crippen LogP contribution in [0.4, 0.5) is 5.82 Å². The van der Waals surface area contributed by atoms with Gasteiger partial charge in [-0.05, 0) is 18.6 Å². The Morgan fingerprint density at radius 2 is 2.31 bits per heavy atom. The summed E-state index contributed by atoms with van der Waals surface area (Å²) in [7, 11) is 0. The molecule has 1 fully saturated rings. The van der Waals surface area contributed by atoms with Gasteiger partial charge in [-0.1, -0.05) is 31.0 Å². The number of nitrogens with zero attached hydrogens (tertiary/aromatic N) is 2. The molecule has 0 aliphatic heterocycles. The zero-order valence-corrected chi connectivity index (χ0v) is 10.3. The van der Waals surface area contributed by atoms with E-state index in [1.165, 1.54) is 31.0 Å². The topological polar surface area (TPSA) is 61.0 Å². The number of rotatable bonds is 5. The molecule has 2 rings (SSSR count). The van der Waals surface area contributed by atoms with Gasteiger partial charge in [0.2, 0.25) is 5.88 Å². The average Bonchev–Trinajstić information content (AvgIpc) is 2.21. The van der Waals surface area contributed by atoms with Gasteiger partial charge in [0.15, 0.2) is 5.16 Å². The van der Waals surface area contributed by atoms with E-state index in [0.29, 0.717) is 16.9 Å². The Hall–Kier alpha value is -0.970. The fraction of sp³-hybridized carbons (Fsp3) is 0.636. The van der Waals surface area contributed by atoms with Crippen LogP contribution in [0.25, 0.3) is 0 Å². The van der Waals surface area contributed by atoms with Gasteiger partial charge < -0.3 is 10.5 Å². The summed E-state index contributed by atoms with van der Waals surface area (Å²) in [4.78, 5) is 8.31. The van der Waals surface area contributed by atoms with Gasteiger partial charge >= 0.3 is 0 Å². The molecule has 1 heterocycles. The van der Waals surface area contributed by atoms with Crippen molar-refractivity contribution in [1.29, 1.82) is 0 Å². The van der Waals surface area contributed by atoms with E-state index in [0.717, 1.165) is 18.9 Å². The van der Waals surface area contributed by atoms with Crippen molar-refractivity contribution in [3.05, 3.63) is 6.07 Å². The highest BCUT2D eigenvalue weighted by atomic mass is 32.2. The largest absolute Gasteiger partial charge is 0.477 e. The van der Waals surface area contributed by atoms with Crippen LogP contribution in [0.2, 0.25) is 0 Å². The highest BCUT2D eigenvalue weighted by Crippen LogP contribution is 2.29. The summed E-state index contributed by atoms with van der Waals surface area (Å²) in [6.07, 6.45) is 7.13. The highest BCUT2D eigenvalue weighted by Gasteiger charge is 2.17. The summed E-state index contributed by atoms with van der Waals surface area (Å²) in [6.45, 7) is 0.731. The fourth-order valence-corrected chi connectivity index (χ4v) is 2.08. The number of ether oxygens (including phenoxy) is 1. The van der Waals surface area contributed by atoms with Crippen molar-refractivity contribution < 1.29 is 4.74 Å². The molecule has 0 atom stereocenters. The molecule has 88 valence electrons. The van der Waals surface area contributed by atoms with E-state index < -0.39 is 0 Å². The molecular weight excluding hydrogens is 222 g/mol. The third kappa shape index (κ3) is 3.01. The van der Waals surface area contributed by atoms with E-state index in [2.05, 4.69) is 9.97 Å². The molecule has 1 saturated carbocycles. The molecule has 0 unspecified atom stereocenters. The van der Waals surface area contributed by atoms with Gasteiger partial charge in [0.05, 0.1) is 6.61 Å². The summed E-state index contributed by atoms with van der Waals surface area (Å²) in [6, 6.07) is 1.68. The highest BCUT2D eigenvalue weighted by molar-refractivity contribution is 7.98. The molecule has 0 aromatic carbocycles. The van der Waals surface area contributed by atoms with Crippen LogP contribution in [0.1, 0.15) is 25.7 Å². The summed E-state index contributed by atoms with van der Waals surface area (Å²) in [5.41, 5.74) is 5.66. The lowest BCUT2D eigenvalue weighted by Crippen LogP contribution is -2.14.